The van der Waals surface area contributed by atoms with E-state index in [4.69, 9.17) is 14.2 Å². The van der Waals surface area contributed by atoms with Crippen molar-refractivity contribution in [3.8, 4) is 11.5 Å². The summed E-state index contributed by atoms with van der Waals surface area (Å²) in [6, 6.07) is 9.45. The quantitative estimate of drug-likeness (QED) is 0.509. The van der Waals surface area contributed by atoms with Gasteiger partial charge in [-0.2, -0.15) is 0 Å². The number of halogens is 1. The molecule has 1 aromatic heterocycles. The number of hydrogen-bond acceptors (Lipinski definition) is 6. The molecule has 0 fully saturated rings. The lowest BCUT2D eigenvalue weighted by molar-refractivity contribution is 0.0479. The van der Waals surface area contributed by atoms with Gasteiger partial charge in [0.1, 0.15) is 10.7 Å². The first kappa shape index (κ1) is 16.5. The number of rotatable bonds is 4. The highest BCUT2D eigenvalue weighted by Crippen LogP contribution is 2.34. The molecule has 4 rings (SSSR count). The average molecular weight is 372 g/mol. The van der Waals surface area contributed by atoms with Gasteiger partial charge in [0.2, 0.25) is 6.79 Å². The number of aryl methyl sites for hydroxylation is 1. The minimum absolute atomic E-state index is 0.115. The van der Waals surface area contributed by atoms with Crippen LogP contribution in [0.2, 0.25) is 0 Å². The molecule has 0 unspecified atom stereocenters. The van der Waals surface area contributed by atoms with Gasteiger partial charge in [0, 0.05) is 15.6 Å². The number of esters is 1. The van der Waals surface area contributed by atoms with Crippen molar-refractivity contribution in [2.75, 3.05) is 13.4 Å². The summed E-state index contributed by atoms with van der Waals surface area (Å²) in [4.78, 5) is 24.9. The highest BCUT2D eigenvalue weighted by atomic mass is 32.1. The Morgan fingerprint density at radius 1 is 1.19 bits per heavy atom. The minimum atomic E-state index is -0.641. The molecule has 0 amide bonds. The zero-order chi connectivity index (χ0) is 18.3. The summed E-state index contributed by atoms with van der Waals surface area (Å²) in [6.07, 6.45) is 0. The van der Waals surface area contributed by atoms with Crippen LogP contribution in [-0.4, -0.2) is 25.2 Å². The van der Waals surface area contributed by atoms with Crippen LogP contribution in [0.1, 0.15) is 25.6 Å². The molecule has 0 N–H and O–H groups in total. The van der Waals surface area contributed by atoms with Crippen LogP contribution in [0.5, 0.6) is 11.5 Å². The van der Waals surface area contributed by atoms with Gasteiger partial charge in [0.05, 0.1) is 0 Å². The van der Waals surface area contributed by atoms with Crippen LogP contribution >= 0.6 is 11.3 Å². The molecule has 0 spiro atoms. The summed E-state index contributed by atoms with van der Waals surface area (Å²) in [5.41, 5.74) is 0.879. The molecule has 7 heteroatoms. The van der Waals surface area contributed by atoms with Crippen molar-refractivity contribution in [1.82, 2.24) is 0 Å². The standard InChI is InChI=1S/C19H13FO5S/c1-10-17-12(20)3-2-4-16(17)26-18(10)19(22)23-8-13(21)11-5-6-14-15(7-11)25-9-24-14/h2-7H,8-9H2,1H3. The molecule has 0 aliphatic carbocycles. The van der Waals surface area contributed by atoms with Gasteiger partial charge in [-0.1, -0.05) is 6.07 Å². The lowest BCUT2D eigenvalue weighted by Gasteiger charge is -2.05. The van der Waals surface area contributed by atoms with E-state index in [1.807, 2.05) is 0 Å². The van der Waals surface area contributed by atoms with E-state index < -0.39 is 12.6 Å². The van der Waals surface area contributed by atoms with Gasteiger partial charge < -0.3 is 14.2 Å². The number of Topliss-reactive ketones (excluding diaryl/α,β-unsaturated/α-hetero) is 1. The zero-order valence-electron chi connectivity index (χ0n) is 13.7. The Balaban J connectivity index is 1.50. The number of carbonyl (C=O) groups excluding carboxylic acids is 2. The second-order valence-corrected chi connectivity index (χ2v) is 6.79. The Morgan fingerprint density at radius 2 is 2.00 bits per heavy atom. The molecule has 0 radical (unpaired) electrons. The Bertz CT molecular complexity index is 1040. The lowest BCUT2D eigenvalue weighted by atomic mass is 10.1. The second kappa shape index (κ2) is 6.42. The zero-order valence-corrected chi connectivity index (χ0v) is 14.5. The minimum Gasteiger partial charge on any atom is -0.454 e. The number of thiophene rings is 1. The van der Waals surface area contributed by atoms with Crippen molar-refractivity contribution >= 4 is 33.2 Å². The van der Waals surface area contributed by atoms with Crippen molar-refractivity contribution < 1.29 is 28.2 Å². The number of fused-ring (bicyclic) bond motifs is 2. The fraction of sp³-hybridized carbons (Fsp3) is 0.158. The average Bonchev–Trinajstić information content (AvgIpc) is 3.24. The van der Waals surface area contributed by atoms with E-state index in [-0.39, 0.29) is 18.4 Å². The summed E-state index contributed by atoms with van der Waals surface area (Å²) in [6.45, 7) is 1.37. The molecule has 0 saturated carbocycles. The van der Waals surface area contributed by atoms with Gasteiger partial charge in [-0.3, -0.25) is 4.79 Å². The molecular weight excluding hydrogens is 359 g/mol. The van der Waals surface area contributed by atoms with Gasteiger partial charge in [0.25, 0.3) is 0 Å². The first-order valence-corrected chi connectivity index (χ1v) is 8.64. The molecule has 2 aromatic carbocycles. The van der Waals surface area contributed by atoms with E-state index in [2.05, 4.69) is 0 Å². The summed E-state index contributed by atoms with van der Waals surface area (Å²) in [5.74, 6) is -0.329. The molecular formula is C19H13FO5S. The number of ketones is 1. The van der Waals surface area contributed by atoms with Gasteiger partial charge in [0.15, 0.2) is 23.9 Å². The largest absolute Gasteiger partial charge is 0.454 e. The summed E-state index contributed by atoms with van der Waals surface area (Å²) in [5, 5.41) is 0.409. The van der Waals surface area contributed by atoms with Gasteiger partial charge in [-0.05, 0) is 42.8 Å². The third-order valence-electron chi connectivity index (χ3n) is 4.12. The molecule has 2 heterocycles. The van der Waals surface area contributed by atoms with Gasteiger partial charge in [-0.15, -0.1) is 11.3 Å². The van der Waals surface area contributed by atoms with E-state index in [1.54, 1.807) is 37.3 Å². The van der Waals surface area contributed by atoms with E-state index in [9.17, 15) is 14.0 Å². The van der Waals surface area contributed by atoms with Crippen molar-refractivity contribution in [2.45, 2.75) is 6.92 Å². The van der Waals surface area contributed by atoms with Crippen LogP contribution in [-0.2, 0) is 4.74 Å². The first-order chi connectivity index (χ1) is 12.5. The van der Waals surface area contributed by atoms with E-state index in [1.165, 1.54) is 6.07 Å². The van der Waals surface area contributed by atoms with Crippen LogP contribution < -0.4 is 9.47 Å². The smallest absolute Gasteiger partial charge is 0.349 e. The predicted octanol–water partition coefficient (Wildman–Crippen LogP) is 4.12. The highest BCUT2D eigenvalue weighted by molar-refractivity contribution is 7.21. The summed E-state index contributed by atoms with van der Waals surface area (Å²) in [7, 11) is 0. The number of hydrogen-bond donors (Lipinski definition) is 0. The molecule has 5 nitrogen and oxygen atoms in total. The molecule has 1 aliphatic rings. The van der Waals surface area contributed by atoms with Crippen molar-refractivity contribution in [1.29, 1.82) is 0 Å². The monoisotopic (exact) mass is 372 g/mol. The van der Waals surface area contributed by atoms with Crippen molar-refractivity contribution in [3.05, 3.63) is 58.2 Å². The first-order valence-electron chi connectivity index (χ1n) is 7.82. The number of carbonyl (C=O) groups is 2. The van der Waals surface area contributed by atoms with Crippen LogP contribution in [0.15, 0.2) is 36.4 Å². The van der Waals surface area contributed by atoms with Crippen LogP contribution in [0, 0.1) is 12.7 Å². The summed E-state index contributed by atoms with van der Waals surface area (Å²) >= 11 is 1.15. The summed E-state index contributed by atoms with van der Waals surface area (Å²) < 4.78 is 30.2. The highest BCUT2D eigenvalue weighted by Gasteiger charge is 2.21. The fourth-order valence-corrected chi connectivity index (χ4v) is 3.91. The SMILES string of the molecule is Cc1c(C(=O)OCC(=O)c2ccc3c(c2)OCO3)sc2cccc(F)c12. The third-order valence-corrected chi connectivity index (χ3v) is 5.35. The molecule has 26 heavy (non-hydrogen) atoms. The van der Waals surface area contributed by atoms with E-state index in [0.717, 1.165) is 11.3 Å². The fourth-order valence-electron chi connectivity index (χ4n) is 2.80. The Morgan fingerprint density at radius 3 is 2.81 bits per heavy atom. The Hall–Kier alpha value is -2.93. The van der Waals surface area contributed by atoms with Gasteiger partial charge in [-0.25, -0.2) is 9.18 Å². The maximum absolute atomic E-state index is 13.9. The lowest BCUT2D eigenvalue weighted by Crippen LogP contribution is -2.14. The molecule has 132 valence electrons. The third kappa shape index (κ3) is 2.80. The number of ether oxygens (including phenoxy) is 3. The maximum atomic E-state index is 13.9. The van der Waals surface area contributed by atoms with E-state index >= 15 is 0 Å². The topological polar surface area (TPSA) is 61.8 Å². The molecule has 0 bridgehead atoms. The molecule has 0 atom stereocenters. The van der Waals surface area contributed by atoms with Crippen LogP contribution in [0.3, 0.4) is 0 Å². The predicted molar refractivity (Wildman–Crippen MR) is 93.7 cm³/mol. The van der Waals surface area contributed by atoms with E-state index in [0.29, 0.717) is 37.6 Å². The Labute approximate surface area is 151 Å². The Kier molecular flexibility index (Phi) is 4.08. The second-order valence-electron chi connectivity index (χ2n) is 5.74. The van der Waals surface area contributed by atoms with Crippen LogP contribution in [0.4, 0.5) is 4.39 Å². The van der Waals surface area contributed by atoms with Crippen LogP contribution in [0.25, 0.3) is 10.1 Å². The van der Waals surface area contributed by atoms with Gasteiger partial charge >= 0.3 is 5.97 Å². The normalized spacial score (nSPS) is 12.4. The molecule has 1 aliphatic heterocycles. The molecule has 3 aromatic rings. The number of benzene rings is 2. The molecule has 0 saturated heterocycles. The van der Waals surface area contributed by atoms with Crippen molar-refractivity contribution in [2.24, 2.45) is 0 Å². The maximum Gasteiger partial charge on any atom is 0.349 e. The van der Waals surface area contributed by atoms with Crippen molar-refractivity contribution in [3.63, 3.8) is 0 Å².